The highest BCUT2D eigenvalue weighted by atomic mass is 35.5. The molecule has 0 aliphatic carbocycles. The van der Waals surface area contributed by atoms with E-state index in [1.54, 1.807) is 13.0 Å². The van der Waals surface area contributed by atoms with Gasteiger partial charge in [0.05, 0.1) is 22.9 Å². The number of carbonyl (C=O) groups is 1. The van der Waals surface area contributed by atoms with Crippen molar-refractivity contribution in [1.29, 1.82) is 0 Å². The van der Waals surface area contributed by atoms with Crippen LogP contribution >= 0.6 is 11.6 Å². The van der Waals surface area contributed by atoms with Crippen molar-refractivity contribution in [1.82, 2.24) is 0 Å². The van der Waals surface area contributed by atoms with E-state index in [0.717, 1.165) is 18.2 Å². The number of benzene rings is 2. The zero-order valence-corrected chi connectivity index (χ0v) is 13.2. The van der Waals surface area contributed by atoms with E-state index in [1.165, 1.54) is 12.1 Å². The van der Waals surface area contributed by atoms with Gasteiger partial charge in [-0.25, -0.2) is 0 Å². The first-order chi connectivity index (χ1) is 11.3. The quantitative estimate of drug-likeness (QED) is 0.728. The van der Waals surface area contributed by atoms with Crippen LogP contribution in [0, 0.1) is 0 Å². The molecule has 0 fully saturated rings. The van der Waals surface area contributed by atoms with Crippen molar-refractivity contribution in [3.8, 4) is 17.2 Å². The van der Waals surface area contributed by atoms with Crippen LogP contribution in [0.1, 0.15) is 12.5 Å². The number of hydrogen-bond donors (Lipinski definition) is 1. The van der Waals surface area contributed by atoms with Crippen molar-refractivity contribution in [2.75, 3.05) is 11.9 Å². The molecular weight excluding hydrogens is 347 g/mol. The van der Waals surface area contributed by atoms with Crippen LogP contribution < -0.4 is 14.8 Å². The van der Waals surface area contributed by atoms with Gasteiger partial charge >= 0.3 is 6.18 Å². The zero-order chi connectivity index (χ0) is 17.7. The molecule has 0 saturated heterocycles. The van der Waals surface area contributed by atoms with E-state index in [2.05, 4.69) is 5.32 Å². The average Bonchev–Trinajstić information content (AvgIpc) is 2.51. The third-order valence-electron chi connectivity index (χ3n) is 2.95. The molecule has 0 radical (unpaired) electrons. The number of nitrogens with one attached hydrogen (secondary N) is 1. The number of alkyl halides is 3. The predicted octanol–water partition coefficient (Wildman–Crippen LogP) is 5.12. The van der Waals surface area contributed by atoms with Crippen molar-refractivity contribution in [2.45, 2.75) is 13.1 Å². The van der Waals surface area contributed by atoms with Crippen LogP contribution in [0.5, 0.6) is 17.2 Å². The molecule has 1 amide bonds. The first kappa shape index (κ1) is 17.9. The summed E-state index contributed by atoms with van der Waals surface area (Å²) in [6.07, 6.45) is -3.97. The molecule has 0 aliphatic heterocycles. The summed E-state index contributed by atoms with van der Waals surface area (Å²) in [5.74, 6) is 0.741. The minimum Gasteiger partial charge on any atom is -0.492 e. The Morgan fingerprint density at radius 2 is 1.92 bits per heavy atom. The number of ether oxygens (including phenoxy) is 2. The lowest BCUT2D eigenvalue weighted by molar-refractivity contribution is -0.137. The molecule has 0 bridgehead atoms. The van der Waals surface area contributed by atoms with E-state index in [1.807, 2.05) is 0 Å². The highest BCUT2D eigenvalue weighted by molar-refractivity contribution is 6.32. The Labute approximate surface area is 141 Å². The second kappa shape index (κ2) is 7.44. The Morgan fingerprint density at radius 1 is 1.17 bits per heavy atom. The lowest BCUT2D eigenvalue weighted by Crippen LogP contribution is -2.04. The van der Waals surface area contributed by atoms with E-state index < -0.39 is 11.7 Å². The molecule has 0 unspecified atom stereocenters. The van der Waals surface area contributed by atoms with Crippen molar-refractivity contribution < 1.29 is 27.4 Å². The number of rotatable bonds is 6. The smallest absolute Gasteiger partial charge is 0.416 e. The monoisotopic (exact) mass is 359 g/mol. The van der Waals surface area contributed by atoms with E-state index in [9.17, 15) is 18.0 Å². The maximum absolute atomic E-state index is 12.6. The summed E-state index contributed by atoms with van der Waals surface area (Å²) in [6, 6.07) is 7.40. The summed E-state index contributed by atoms with van der Waals surface area (Å²) in [6.45, 7) is 2.13. The molecule has 24 heavy (non-hydrogen) atoms. The summed E-state index contributed by atoms with van der Waals surface area (Å²) in [5, 5.41) is 2.31. The molecule has 128 valence electrons. The molecule has 4 nitrogen and oxygen atoms in total. The van der Waals surface area contributed by atoms with Crippen molar-refractivity contribution >= 4 is 23.7 Å². The van der Waals surface area contributed by atoms with Gasteiger partial charge in [0.2, 0.25) is 6.41 Å². The van der Waals surface area contributed by atoms with E-state index in [0.29, 0.717) is 30.2 Å². The maximum atomic E-state index is 12.6. The van der Waals surface area contributed by atoms with Crippen LogP contribution in [0.2, 0.25) is 5.02 Å². The van der Waals surface area contributed by atoms with Crippen LogP contribution in [0.3, 0.4) is 0 Å². The van der Waals surface area contributed by atoms with Gasteiger partial charge in [-0.05, 0) is 37.3 Å². The second-order valence-corrected chi connectivity index (χ2v) is 5.01. The maximum Gasteiger partial charge on any atom is 0.416 e. The summed E-state index contributed by atoms with van der Waals surface area (Å²) in [4.78, 5) is 10.6. The molecule has 0 heterocycles. The van der Waals surface area contributed by atoms with Crippen LogP contribution in [0.15, 0.2) is 36.4 Å². The minimum absolute atomic E-state index is 0.0724. The molecule has 0 aromatic heterocycles. The lowest BCUT2D eigenvalue weighted by Gasteiger charge is -2.13. The Balaban J connectivity index is 2.27. The van der Waals surface area contributed by atoms with Gasteiger partial charge < -0.3 is 14.8 Å². The predicted molar refractivity (Wildman–Crippen MR) is 83.8 cm³/mol. The van der Waals surface area contributed by atoms with Crippen molar-refractivity contribution in [3.05, 3.63) is 47.0 Å². The standard InChI is InChI=1S/C16H13ClF3NO3/c1-2-23-15-8-11(4-5-13(15)21-9-22)24-14-6-3-10(7-12(14)17)16(18,19)20/h3-9H,2H2,1H3,(H,21,22). The fourth-order valence-corrected chi connectivity index (χ4v) is 2.13. The van der Waals surface area contributed by atoms with Crippen molar-refractivity contribution in [2.24, 2.45) is 0 Å². The van der Waals surface area contributed by atoms with Crippen LogP contribution in [0.25, 0.3) is 0 Å². The first-order valence-electron chi connectivity index (χ1n) is 6.86. The fraction of sp³-hybridized carbons (Fsp3) is 0.188. The molecule has 0 aliphatic rings. The number of carbonyl (C=O) groups excluding carboxylic acids is 1. The molecule has 1 N–H and O–H groups in total. The zero-order valence-electron chi connectivity index (χ0n) is 12.5. The molecule has 2 aromatic rings. The Bertz CT molecular complexity index is 735. The van der Waals surface area contributed by atoms with Gasteiger partial charge in [-0.15, -0.1) is 0 Å². The molecular formula is C16H13ClF3NO3. The number of halogens is 4. The first-order valence-corrected chi connectivity index (χ1v) is 7.24. The summed E-state index contributed by atoms with van der Waals surface area (Å²) in [7, 11) is 0. The Morgan fingerprint density at radius 3 is 2.50 bits per heavy atom. The van der Waals surface area contributed by atoms with Crippen molar-refractivity contribution in [3.63, 3.8) is 0 Å². The Hall–Kier alpha value is -2.41. The SMILES string of the molecule is CCOc1cc(Oc2ccc(C(F)(F)F)cc2Cl)ccc1NC=O. The normalized spacial score (nSPS) is 11.0. The van der Waals surface area contributed by atoms with Gasteiger partial charge in [-0.3, -0.25) is 4.79 Å². The minimum atomic E-state index is -4.48. The molecule has 8 heteroatoms. The highest BCUT2D eigenvalue weighted by Crippen LogP contribution is 2.38. The fourth-order valence-electron chi connectivity index (χ4n) is 1.91. The van der Waals surface area contributed by atoms with Gasteiger partial charge in [0.15, 0.2) is 0 Å². The third-order valence-corrected chi connectivity index (χ3v) is 3.25. The van der Waals surface area contributed by atoms with Gasteiger partial charge in [-0.2, -0.15) is 13.2 Å². The second-order valence-electron chi connectivity index (χ2n) is 4.60. The van der Waals surface area contributed by atoms with Gasteiger partial charge in [-0.1, -0.05) is 11.6 Å². The van der Waals surface area contributed by atoms with Gasteiger partial charge in [0, 0.05) is 6.07 Å². The summed E-state index contributed by atoms with van der Waals surface area (Å²) in [5.41, 5.74) is -0.418. The van der Waals surface area contributed by atoms with Crippen LogP contribution in [-0.2, 0) is 11.0 Å². The summed E-state index contributed by atoms with van der Waals surface area (Å²) >= 11 is 5.85. The van der Waals surface area contributed by atoms with E-state index >= 15 is 0 Å². The molecule has 2 rings (SSSR count). The molecule has 0 atom stereocenters. The largest absolute Gasteiger partial charge is 0.492 e. The molecule has 2 aromatic carbocycles. The van der Waals surface area contributed by atoms with Crippen LogP contribution in [-0.4, -0.2) is 13.0 Å². The van der Waals surface area contributed by atoms with E-state index in [4.69, 9.17) is 21.1 Å². The molecule has 0 saturated carbocycles. The topological polar surface area (TPSA) is 47.6 Å². The average molecular weight is 360 g/mol. The summed E-state index contributed by atoms with van der Waals surface area (Å²) < 4.78 is 48.8. The number of anilines is 1. The van der Waals surface area contributed by atoms with Gasteiger partial charge in [0.1, 0.15) is 17.2 Å². The number of hydrogen-bond acceptors (Lipinski definition) is 3. The van der Waals surface area contributed by atoms with E-state index in [-0.39, 0.29) is 10.8 Å². The van der Waals surface area contributed by atoms with Gasteiger partial charge in [0.25, 0.3) is 0 Å². The van der Waals surface area contributed by atoms with Crippen LogP contribution in [0.4, 0.5) is 18.9 Å². The third kappa shape index (κ3) is 4.32. The lowest BCUT2D eigenvalue weighted by atomic mass is 10.2. The highest BCUT2D eigenvalue weighted by Gasteiger charge is 2.31. The number of amides is 1. The molecule has 0 spiro atoms. The Kier molecular flexibility index (Phi) is 5.56.